The van der Waals surface area contributed by atoms with Gasteiger partial charge in [0.1, 0.15) is 12.3 Å². The fraction of sp³-hybridized carbons (Fsp3) is 0.467. The predicted octanol–water partition coefficient (Wildman–Crippen LogP) is 2.67. The quantitative estimate of drug-likeness (QED) is 0.946. The van der Waals surface area contributed by atoms with Gasteiger partial charge in [-0.3, -0.25) is 0 Å². The van der Waals surface area contributed by atoms with Crippen LogP contribution >= 0.6 is 0 Å². The van der Waals surface area contributed by atoms with Gasteiger partial charge in [0.05, 0.1) is 6.04 Å². The predicted molar refractivity (Wildman–Crippen MR) is 71.0 cm³/mol. The number of halogens is 2. The first-order chi connectivity index (χ1) is 10.1. The highest BCUT2D eigenvalue weighted by Gasteiger charge is 2.46. The molecule has 0 radical (unpaired) electrons. The van der Waals surface area contributed by atoms with Crippen molar-refractivity contribution in [3.05, 3.63) is 47.5 Å². The Morgan fingerprint density at radius 2 is 1.90 bits per heavy atom. The number of nitrogens with zero attached hydrogens (tertiary/aromatic N) is 3. The first-order valence-corrected chi connectivity index (χ1v) is 7.12. The van der Waals surface area contributed by atoms with E-state index in [1.807, 2.05) is 30.3 Å². The maximum absolute atomic E-state index is 14.1. The van der Waals surface area contributed by atoms with E-state index in [2.05, 4.69) is 10.1 Å². The molecule has 0 saturated heterocycles. The Hall–Kier alpha value is -1.82. The molecule has 0 unspecified atom stereocenters. The minimum absolute atomic E-state index is 0.137. The van der Waals surface area contributed by atoms with Gasteiger partial charge in [0.25, 0.3) is 0 Å². The average Bonchev–Trinajstić information content (AvgIpc) is 2.95. The van der Waals surface area contributed by atoms with Crippen molar-refractivity contribution in [3.63, 3.8) is 0 Å². The second-order valence-electron chi connectivity index (χ2n) is 5.76. The molecule has 110 valence electrons. The van der Waals surface area contributed by atoms with Crippen molar-refractivity contribution in [2.24, 2.45) is 5.92 Å². The minimum atomic E-state index is -1.20. The van der Waals surface area contributed by atoms with Crippen molar-refractivity contribution >= 4 is 0 Å². The summed E-state index contributed by atoms with van der Waals surface area (Å²) in [6, 6.07) is 9.31. The van der Waals surface area contributed by atoms with Crippen molar-refractivity contribution in [3.8, 4) is 0 Å². The number of fused-ring (bicyclic) bond motifs is 1. The number of hydrogen-bond acceptors (Lipinski definition) is 3. The van der Waals surface area contributed by atoms with Crippen molar-refractivity contribution in [1.29, 1.82) is 0 Å². The Balaban J connectivity index is 1.68. The third-order valence-electron chi connectivity index (χ3n) is 4.29. The summed E-state index contributed by atoms with van der Waals surface area (Å²) in [4.78, 5) is 4.10. The summed E-state index contributed by atoms with van der Waals surface area (Å²) in [5, 5.41) is 14.3. The third-order valence-corrected chi connectivity index (χ3v) is 4.29. The van der Waals surface area contributed by atoms with Gasteiger partial charge in [-0.05, 0) is 12.0 Å². The van der Waals surface area contributed by atoms with Crippen molar-refractivity contribution < 1.29 is 13.9 Å². The number of aromatic nitrogens is 3. The first kappa shape index (κ1) is 12.9. The fourth-order valence-electron chi connectivity index (χ4n) is 2.97. The average molecular weight is 291 g/mol. The summed E-state index contributed by atoms with van der Waals surface area (Å²) in [6.07, 6.45) is -2.62. The van der Waals surface area contributed by atoms with Gasteiger partial charge in [0.15, 0.2) is 17.8 Å². The zero-order chi connectivity index (χ0) is 14.6. The van der Waals surface area contributed by atoms with E-state index in [1.165, 1.54) is 4.68 Å². The molecule has 1 aliphatic carbocycles. The fourth-order valence-corrected chi connectivity index (χ4v) is 2.97. The van der Waals surface area contributed by atoms with E-state index in [4.69, 9.17) is 0 Å². The van der Waals surface area contributed by atoms with Gasteiger partial charge in [-0.1, -0.05) is 30.3 Å². The Morgan fingerprint density at radius 1 is 1.19 bits per heavy atom. The van der Waals surface area contributed by atoms with Crippen LogP contribution in [0.5, 0.6) is 0 Å². The molecule has 1 N–H and O–H groups in total. The van der Waals surface area contributed by atoms with Crippen LogP contribution in [0, 0.1) is 5.92 Å². The monoisotopic (exact) mass is 291 g/mol. The summed E-state index contributed by atoms with van der Waals surface area (Å²) in [6.45, 7) is 0. The molecule has 0 spiro atoms. The molecular weight excluding hydrogens is 276 g/mol. The summed E-state index contributed by atoms with van der Waals surface area (Å²) >= 11 is 0. The van der Waals surface area contributed by atoms with Gasteiger partial charge in [0.2, 0.25) is 0 Å². The van der Waals surface area contributed by atoms with Gasteiger partial charge in [-0.2, -0.15) is 5.10 Å². The third kappa shape index (κ3) is 2.05. The number of aliphatic hydroxyl groups excluding tert-OH is 1. The van der Waals surface area contributed by atoms with Gasteiger partial charge in [-0.25, -0.2) is 18.4 Å². The summed E-state index contributed by atoms with van der Waals surface area (Å²) in [5.74, 6) is -0.0752. The van der Waals surface area contributed by atoms with E-state index in [9.17, 15) is 13.9 Å². The highest BCUT2D eigenvalue weighted by molar-refractivity contribution is 5.24. The zero-order valence-electron chi connectivity index (χ0n) is 11.2. The molecule has 0 amide bonds. The normalized spacial score (nSPS) is 32.0. The van der Waals surface area contributed by atoms with Crippen LogP contribution in [0.2, 0.25) is 0 Å². The van der Waals surface area contributed by atoms with Crippen molar-refractivity contribution in [2.75, 3.05) is 0 Å². The van der Waals surface area contributed by atoms with Gasteiger partial charge >= 0.3 is 0 Å². The Labute approximate surface area is 120 Å². The molecule has 21 heavy (non-hydrogen) atoms. The Kier molecular flexibility index (Phi) is 2.82. The van der Waals surface area contributed by atoms with Crippen LogP contribution in [-0.4, -0.2) is 26.0 Å². The summed E-state index contributed by atoms with van der Waals surface area (Å²) < 4.78 is 28.7. The van der Waals surface area contributed by atoms with E-state index in [-0.39, 0.29) is 17.7 Å². The number of hydrogen-bond donors (Lipinski definition) is 1. The highest BCUT2D eigenvalue weighted by atomic mass is 19.1. The van der Waals surface area contributed by atoms with E-state index >= 15 is 0 Å². The van der Waals surface area contributed by atoms with Gasteiger partial charge < -0.3 is 5.11 Å². The van der Waals surface area contributed by atoms with Crippen LogP contribution in [0.1, 0.15) is 48.4 Å². The number of aliphatic hydroxyl groups is 1. The van der Waals surface area contributed by atoms with Crippen LogP contribution in [-0.2, 0) is 0 Å². The number of benzene rings is 1. The Bertz CT molecular complexity index is 660. The SMILES string of the molecule is O[C@@H](c1nc2n(n1)[C@H](c1ccccc1)C[C@@H]2F)[C@@H]1C[C@H]1F. The van der Waals surface area contributed by atoms with Crippen LogP contribution in [0.25, 0.3) is 0 Å². The van der Waals surface area contributed by atoms with E-state index in [1.54, 1.807) is 0 Å². The van der Waals surface area contributed by atoms with Crippen molar-refractivity contribution in [1.82, 2.24) is 14.8 Å². The van der Waals surface area contributed by atoms with E-state index < -0.39 is 24.4 Å². The smallest absolute Gasteiger partial charge is 0.179 e. The summed E-state index contributed by atoms with van der Waals surface area (Å²) in [5.41, 5.74) is 0.958. The molecule has 1 saturated carbocycles. The molecule has 4 nitrogen and oxygen atoms in total. The lowest BCUT2D eigenvalue weighted by Gasteiger charge is -2.12. The molecule has 4 rings (SSSR count). The van der Waals surface area contributed by atoms with Crippen molar-refractivity contribution in [2.45, 2.75) is 37.3 Å². The van der Waals surface area contributed by atoms with Gasteiger partial charge in [-0.15, -0.1) is 0 Å². The molecule has 2 heterocycles. The largest absolute Gasteiger partial charge is 0.385 e. The van der Waals surface area contributed by atoms with Crippen LogP contribution < -0.4 is 0 Å². The first-order valence-electron chi connectivity index (χ1n) is 7.12. The highest BCUT2D eigenvalue weighted by Crippen LogP contribution is 2.45. The maximum Gasteiger partial charge on any atom is 0.179 e. The number of rotatable bonds is 3. The molecule has 1 aromatic heterocycles. The lowest BCUT2D eigenvalue weighted by Crippen LogP contribution is -2.10. The molecule has 6 heteroatoms. The lowest BCUT2D eigenvalue weighted by molar-refractivity contribution is 0.131. The maximum atomic E-state index is 14.1. The summed E-state index contributed by atoms with van der Waals surface area (Å²) in [7, 11) is 0. The van der Waals surface area contributed by atoms with Gasteiger partial charge in [0, 0.05) is 12.3 Å². The Morgan fingerprint density at radius 3 is 2.57 bits per heavy atom. The second kappa shape index (κ2) is 4.59. The minimum Gasteiger partial charge on any atom is -0.385 e. The molecule has 2 aliphatic rings. The molecule has 1 fully saturated rings. The molecule has 0 bridgehead atoms. The topological polar surface area (TPSA) is 50.9 Å². The lowest BCUT2D eigenvalue weighted by atomic mass is 10.0. The molecular formula is C15H15F2N3O. The number of alkyl halides is 2. The van der Waals surface area contributed by atoms with E-state index in [0.717, 1.165) is 5.56 Å². The molecule has 5 atom stereocenters. The molecule has 1 aliphatic heterocycles. The zero-order valence-corrected chi connectivity index (χ0v) is 11.2. The van der Waals surface area contributed by atoms with Crippen LogP contribution in [0.3, 0.4) is 0 Å². The standard InChI is InChI=1S/C15H15F2N3O/c16-10-6-9(10)13(21)14-18-15-11(17)7-12(20(15)19-14)8-4-2-1-3-5-8/h1-5,9-13,21H,6-7H2/t9-,10-,11+,12+,13-/m1/s1. The molecule has 1 aromatic carbocycles. The second-order valence-corrected chi connectivity index (χ2v) is 5.76. The molecule has 2 aromatic rings. The van der Waals surface area contributed by atoms with Crippen LogP contribution in [0.15, 0.2) is 30.3 Å². The van der Waals surface area contributed by atoms with Crippen LogP contribution in [0.4, 0.5) is 8.78 Å². The van der Waals surface area contributed by atoms with E-state index in [0.29, 0.717) is 12.8 Å².